The zero-order valence-electron chi connectivity index (χ0n) is 8.84. The van der Waals surface area contributed by atoms with E-state index in [2.05, 4.69) is 32.1 Å². The molecule has 2 rings (SSSR count). The Labute approximate surface area is 82.7 Å². The Balaban J connectivity index is 2.13. The molecule has 2 aliphatic rings. The Kier molecular flexibility index (Phi) is 2.46. The van der Waals surface area contributed by atoms with Gasteiger partial charge in [0.25, 0.3) is 0 Å². The minimum absolute atomic E-state index is 0.719. The molecule has 1 unspecified atom stereocenters. The third-order valence-corrected chi connectivity index (χ3v) is 9.31. The van der Waals surface area contributed by atoms with Gasteiger partial charge < -0.3 is 0 Å². The van der Waals surface area contributed by atoms with Crippen LogP contribution in [-0.2, 0) is 0 Å². The molecule has 1 atom stereocenters. The Hall–Kier alpha value is -0.303. The van der Waals surface area contributed by atoms with Crippen LogP contribution in [0, 0.1) is 5.92 Å². The van der Waals surface area contributed by atoms with Crippen LogP contribution in [0.3, 0.4) is 0 Å². The summed E-state index contributed by atoms with van der Waals surface area (Å²) in [6.07, 6.45) is 10.2. The molecule has 0 aromatic rings. The monoisotopic (exact) mass is 192 g/mol. The van der Waals surface area contributed by atoms with Gasteiger partial charge in [-0.25, -0.2) is 0 Å². The van der Waals surface area contributed by atoms with Crippen LogP contribution in [0.2, 0.25) is 18.1 Å². The molecule has 1 fully saturated rings. The molecule has 0 aromatic heterocycles. The van der Waals surface area contributed by atoms with Gasteiger partial charge in [-0.2, -0.15) is 0 Å². The van der Waals surface area contributed by atoms with Gasteiger partial charge in [0, 0.05) is 0 Å². The summed E-state index contributed by atoms with van der Waals surface area (Å²) in [6.45, 7) is 4.64. The Bertz CT molecular complexity index is 246. The molecule has 1 heteroatoms. The van der Waals surface area contributed by atoms with Gasteiger partial charge in [-0.3, -0.25) is 0 Å². The second-order valence-electron chi connectivity index (χ2n) is 4.72. The summed E-state index contributed by atoms with van der Waals surface area (Å²) >= 11 is 0. The molecule has 0 amide bonds. The first-order valence-corrected chi connectivity index (χ1v) is 8.29. The Morgan fingerprint density at radius 2 is 2.23 bits per heavy atom. The number of hydrogen-bond donors (Lipinski definition) is 0. The maximum Gasteiger partial charge on any atom is 0.0862 e. The van der Waals surface area contributed by atoms with Crippen LogP contribution in [0.4, 0.5) is 0 Å². The maximum absolute atomic E-state index is 2.53. The number of hydrogen-bond acceptors (Lipinski definition) is 0. The first-order chi connectivity index (χ1) is 6.27. The molecule has 0 nitrogen and oxygen atoms in total. The van der Waals surface area contributed by atoms with Crippen molar-refractivity contribution in [3.8, 4) is 0 Å². The van der Waals surface area contributed by atoms with E-state index in [9.17, 15) is 0 Å². The van der Waals surface area contributed by atoms with Gasteiger partial charge in [-0.05, 0) is 5.92 Å². The third kappa shape index (κ3) is 1.54. The molecule has 13 heavy (non-hydrogen) atoms. The summed E-state index contributed by atoms with van der Waals surface area (Å²) in [5.41, 5.74) is 0. The van der Waals surface area contributed by atoms with Crippen LogP contribution in [0.15, 0.2) is 23.4 Å². The van der Waals surface area contributed by atoms with Crippen LogP contribution in [-0.4, -0.2) is 8.07 Å². The van der Waals surface area contributed by atoms with Gasteiger partial charge in [0.1, 0.15) is 0 Å². The van der Waals surface area contributed by atoms with Gasteiger partial charge in [0.05, 0.1) is 8.07 Å². The Morgan fingerprint density at radius 1 is 1.46 bits per heavy atom. The van der Waals surface area contributed by atoms with E-state index < -0.39 is 8.07 Å². The van der Waals surface area contributed by atoms with Crippen LogP contribution < -0.4 is 0 Å². The van der Waals surface area contributed by atoms with E-state index in [1.54, 1.807) is 17.3 Å². The molecule has 1 saturated heterocycles. The molecule has 0 radical (unpaired) electrons. The van der Waals surface area contributed by atoms with Crippen molar-refractivity contribution in [1.82, 2.24) is 0 Å². The van der Waals surface area contributed by atoms with Crippen molar-refractivity contribution in [1.29, 1.82) is 0 Å². The van der Waals surface area contributed by atoms with Gasteiger partial charge in [0.2, 0.25) is 0 Å². The molecule has 1 heterocycles. The third-order valence-electron chi connectivity index (χ3n) is 3.67. The van der Waals surface area contributed by atoms with Crippen molar-refractivity contribution in [3.05, 3.63) is 23.4 Å². The molecule has 0 bridgehead atoms. The topological polar surface area (TPSA) is 0 Å². The lowest BCUT2D eigenvalue weighted by Crippen LogP contribution is -2.42. The summed E-state index contributed by atoms with van der Waals surface area (Å²) in [5.74, 6) is 0.719. The zero-order chi connectivity index (χ0) is 9.31. The second-order valence-corrected chi connectivity index (χ2v) is 9.36. The molecular weight excluding hydrogens is 172 g/mol. The van der Waals surface area contributed by atoms with Crippen molar-refractivity contribution in [2.75, 3.05) is 0 Å². The molecule has 1 aliphatic carbocycles. The number of rotatable bonds is 3. The van der Waals surface area contributed by atoms with E-state index in [4.69, 9.17) is 0 Å². The molecule has 1 aliphatic heterocycles. The van der Waals surface area contributed by atoms with Gasteiger partial charge in [-0.1, -0.05) is 68.2 Å². The highest BCUT2D eigenvalue weighted by molar-refractivity contribution is 6.89. The first kappa shape index (κ1) is 9.26. The molecular formula is C12H20Si. The van der Waals surface area contributed by atoms with E-state index in [-0.39, 0.29) is 0 Å². The van der Waals surface area contributed by atoms with Crippen molar-refractivity contribution < 1.29 is 0 Å². The lowest BCUT2D eigenvalue weighted by atomic mass is 10.2. The summed E-state index contributed by atoms with van der Waals surface area (Å²) in [5, 5.41) is 1.79. The van der Waals surface area contributed by atoms with E-state index >= 15 is 0 Å². The highest BCUT2D eigenvalue weighted by Gasteiger charge is 2.41. The van der Waals surface area contributed by atoms with Crippen molar-refractivity contribution >= 4 is 8.07 Å². The highest BCUT2D eigenvalue weighted by atomic mass is 28.3. The Morgan fingerprint density at radius 3 is 2.62 bits per heavy atom. The SMILES string of the molecule is CCC[Si]1(C2=CC(C)C=C2)CCC1. The van der Waals surface area contributed by atoms with E-state index in [1.165, 1.54) is 18.9 Å². The van der Waals surface area contributed by atoms with E-state index in [1.807, 2.05) is 0 Å². The average molecular weight is 192 g/mol. The summed E-state index contributed by atoms with van der Waals surface area (Å²) in [6, 6.07) is 4.68. The predicted octanol–water partition coefficient (Wildman–Crippen LogP) is 3.92. The zero-order valence-corrected chi connectivity index (χ0v) is 9.84. The van der Waals surface area contributed by atoms with Gasteiger partial charge in [0.15, 0.2) is 0 Å². The van der Waals surface area contributed by atoms with Crippen LogP contribution in [0.25, 0.3) is 0 Å². The lowest BCUT2D eigenvalue weighted by Gasteiger charge is -2.40. The van der Waals surface area contributed by atoms with Crippen LogP contribution >= 0.6 is 0 Å². The predicted molar refractivity (Wildman–Crippen MR) is 61.5 cm³/mol. The smallest absolute Gasteiger partial charge is 0.0786 e. The summed E-state index contributed by atoms with van der Waals surface area (Å²) < 4.78 is 0. The largest absolute Gasteiger partial charge is 0.0862 e. The van der Waals surface area contributed by atoms with E-state index in [0.717, 1.165) is 5.92 Å². The van der Waals surface area contributed by atoms with Crippen LogP contribution in [0.5, 0.6) is 0 Å². The molecule has 0 aromatic carbocycles. The summed E-state index contributed by atoms with van der Waals surface area (Å²) in [7, 11) is -0.877. The lowest BCUT2D eigenvalue weighted by molar-refractivity contribution is 0.859. The standard InChI is InChI=1S/C12H20Si/c1-3-7-13(8-4-9-13)12-6-5-11(2)10-12/h5-6,10-11H,3-4,7-9H2,1-2H3. The molecule has 0 N–H and O–H groups in total. The minimum Gasteiger partial charge on any atom is -0.0786 e. The van der Waals surface area contributed by atoms with Gasteiger partial charge >= 0.3 is 0 Å². The maximum atomic E-state index is 2.53. The fourth-order valence-corrected chi connectivity index (χ4v) is 7.36. The summed E-state index contributed by atoms with van der Waals surface area (Å²) in [4.78, 5) is 0. The van der Waals surface area contributed by atoms with Crippen LogP contribution in [0.1, 0.15) is 26.7 Å². The van der Waals surface area contributed by atoms with Gasteiger partial charge in [-0.15, -0.1) is 0 Å². The minimum atomic E-state index is -0.877. The highest BCUT2D eigenvalue weighted by Crippen LogP contribution is 2.44. The van der Waals surface area contributed by atoms with Crippen molar-refractivity contribution in [2.45, 2.75) is 44.8 Å². The molecule has 0 saturated carbocycles. The van der Waals surface area contributed by atoms with E-state index in [0.29, 0.717) is 0 Å². The average Bonchev–Trinajstić information content (AvgIpc) is 2.44. The first-order valence-electron chi connectivity index (χ1n) is 5.67. The normalized spacial score (nSPS) is 30.0. The quantitative estimate of drug-likeness (QED) is 0.595. The van der Waals surface area contributed by atoms with Crippen molar-refractivity contribution in [3.63, 3.8) is 0 Å². The fourth-order valence-electron chi connectivity index (χ4n) is 2.77. The fraction of sp³-hybridized carbons (Fsp3) is 0.667. The number of allylic oxidation sites excluding steroid dienone is 4. The molecule has 0 spiro atoms. The molecule has 72 valence electrons. The van der Waals surface area contributed by atoms with Crippen molar-refractivity contribution in [2.24, 2.45) is 5.92 Å². The second kappa shape index (κ2) is 3.45.